The van der Waals surface area contributed by atoms with Gasteiger partial charge in [-0.25, -0.2) is 13.8 Å². The molecule has 0 unspecified atom stereocenters. The number of H-pyrrole nitrogens is 1. The van der Waals surface area contributed by atoms with E-state index in [2.05, 4.69) is 15.3 Å². The second-order valence-electron chi connectivity index (χ2n) is 5.21. The second-order valence-corrected chi connectivity index (χ2v) is 5.21. The molecule has 0 radical (unpaired) electrons. The zero-order chi connectivity index (χ0) is 16.2. The van der Waals surface area contributed by atoms with Gasteiger partial charge in [0, 0.05) is 13.0 Å². The molecule has 0 bridgehead atoms. The minimum absolute atomic E-state index is 0.00197. The number of aromatic nitrogens is 2. The topological polar surface area (TPSA) is 57.8 Å². The number of carbonyl (C=O) groups excluding carboxylic acids is 1. The molecular formula is C17H15F2N3O. The number of halogens is 2. The molecule has 3 rings (SSSR count). The summed E-state index contributed by atoms with van der Waals surface area (Å²) in [5, 5.41) is 2.72. The third-order valence-electron chi connectivity index (χ3n) is 3.49. The van der Waals surface area contributed by atoms with Gasteiger partial charge in [0.2, 0.25) is 5.91 Å². The van der Waals surface area contributed by atoms with Crippen LogP contribution in [0.25, 0.3) is 11.0 Å². The van der Waals surface area contributed by atoms with Crippen LogP contribution in [-0.2, 0) is 17.6 Å². The Bertz CT molecular complexity index is 845. The molecule has 4 nitrogen and oxygen atoms in total. The highest BCUT2D eigenvalue weighted by atomic mass is 19.1. The van der Waals surface area contributed by atoms with Gasteiger partial charge in [-0.15, -0.1) is 0 Å². The normalized spacial score (nSPS) is 10.9. The van der Waals surface area contributed by atoms with E-state index in [1.54, 1.807) is 24.3 Å². The summed E-state index contributed by atoms with van der Waals surface area (Å²) >= 11 is 0. The van der Waals surface area contributed by atoms with Gasteiger partial charge in [0.25, 0.3) is 0 Å². The highest BCUT2D eigenvalue weighted by Crippen LogP contribution is 2.13. The molecule has 1 aromatic heterocycles. The standard InChI is InChI=1S/C17H15F2N3O/c18-12-5-6-14-15(10-12)22-16(21-14)7-8-20-17(23)9-11-3-1-2-4-13(11)19/h1-6,10H,7-9H2,(H,20,23)(H,21,22). The summed E-state index contributed by atoms with van der Waals surface area (Å²) in [5.74, 6) is -0.304. The van der Waals surface area contributed by atoms with Crippen LogP contribution in [0.1, 0.15) is 11.4 Å². The summed E-state index contributed by atoms with van der Waals surface area (Å²) in [6.45, 7) is 0.371. The third-order valence-corrected chi connectivity index (χ3v) is 3.49. The number of amides is 1. The largest absolute Gasteiger partial charge is 0.355 e. The lowest BCUT2D eigenvalue weighted by molar-refractivity contribution is -0.120. The summed E-state index contributed by atoms with van der Waals surface area (Å²) < 4.78 is 26.6. The van der Waals surface area contributed by atoms with Gasteiger partial charge < -0.3 is 10.3 Å². The number of imidazole rings is 1. The maximum absolute atomic E-state index is 13.5. The van der Waals surface area contributed by atoms with E-state index >= 15 is 0 Å². The Morgan fingerprint density at radius 2 is 2.00 bits per heavy atom. The van der Waals surface area contributed by atoms with Gasteiger partial charge in [-0.1, -0.05) is 18.2 Å². The Balaban J connectivity index is 1.54. The quantitative estimate of drug-likeness (QED) is 0.760. The number of carbonyl (C=O) groups is 1. The average molecular weight is 315 g/mol. The van der Waals surface area contributed by atoms with E-state index in [1.165, 1.54) is 18.2 Å². The molecule has 3 aromatic rings. The highest BCUT2D eigenvalue weighted by molar-refractivity contribution is 5.78. The van der Waals surface area contributed by atoms with E-state index in [4.69, 9.17) is 0 Å². The van der Waals surface area contributed by atoms with Gasteiger partial charge in [-0.2, -0.15) is 0 Å². The molecule has 0 aliphatic heterocycles. The van der Waals surface area contributed by atoms with Crippen LogP contribution in [0.3, 0.4) is 0 Å². The molecule has 118 valence electrons. The number of nitrogens with one attached hydrogen (secondary N) is 2. The summed E-state index contributed by atoms with van der Waals surface area (Å²) in [4.78, 5) is 19.1. The van der Waals surface area contributed by atoms with E-state index in [0.717, 1.165) is 0 Å². The highest BCUT2D eigenvalue weighted by Gasteiger charge is 2.08. The van der Waals surface area contributed by atoms with Crippen molar-refractivity contribution in [2.75, 3.05) is 6.54 Å². The second kappa shape index (κ2) is 6.56. The molecule has 0 saturated carbocycles. The van der Waals surface area contributed by atoms with E-state index < -0.39 is 0 Å². The van der Waals surface area contributed by atoms with Gasteiger partial charge in [0.1, 0.15) is 17.5 Å². The smallest absolute Gasteiger partial charge is 0.224 e. The Morgan fingerprint density at radius 1 is 1.17 bits per heavy atom. The number of nitrogens with zero attached hydrogens (tertiary/aromatic N) is 1. The molecule has 0 saturated heterocycles. The third kappa shape index (κ3) is 3.71. The first kappa shape index (κ1) is 15.1. The van der Waals surface area contributed by atoms with Crippen molar-refractivity contribution in [1.29, 1.82) is 0 Å². The van der Waals surface area contributed by atoms with Gasteiger partial charge in [-0.3, -0.25) is 4.79 Å². The van der Waals surface area contributed by atoms with Crippen molar-refractivity contribution in [3.63, 3.8) is 0 Å². The number of benzene rings is 2. The van der Waals surface area contributed by atoms with Crippen LogP contribution in [0.15, 0.2) is 42.5 Å². The molecule has 1 amide bonds. The van der Waals surface area contributed by atoms with Crippen LogP contribution in [0.4, 0.5) is 8.78 Å². The molecule has 2 N–H and O–H groups in total. The average Bonchev–Trinajstić information content (AvgIpc) is 2.91. The van der Waals surface area contributed by atoms with E-state index in [9.17, 15) is 13.6 Å². The van der Waals surface area contributed by atoms with Crippen molar-refractivity contribution in [3.05, 3.63) is 65.5 Å². The van der Waals surface area contributed by atoms with Crippen LogP contribution < -0.4 is 5.32 Å². The van der Waals surface area contributed by atoms with Crippen molar-refractivity contribution in [1.82, 2.24) is 15.3 Å². The number of hydrogen-bond donors (Lipinski definition) is 2. The van der Waals surface area contributed by atoms with Gasteiger partial charge in [-0.05, 0) is 29.8 Å². The molecule has 2 aromatic carbocycles. The van der Waals surface area contributed by atoms with Crippen molar-refractivity contribution in [2.24, 2.45) is 0 Å². The Kier molecular flexibility index (Phi) is 4.32. The molecule has 0 spiro atoms. The summed E-state index contributed by atoms with van der Waals surface area (Å²) in [5.41, 5.74) is 1.67. The molecule has 0 aliphatic rings. The fourth-order valence-electron chi connectivity index (χ4n) is 2.35. The lowest BCUT2D eigenvalue weighted by Crippen LogP contribution is -2.27. The molecule has 0 fully saturated rings. The van der Waals surface area contributed by atoms with Gasteiger partial charge in [0.15, 0.2) is 0 Å². The Morgan fingerprint density at radius 3 is 2.83 bits per heavy atom. The minimum Gasteiger partial charge on any atom is -0.355 e. The lowest BCUT2D eigenvalue weighted by atomic mass is 10.1. The van der Waals surface area contributed by atoms with Crippen LogP contribution in [-0.4, -0.2) is 22.4 Å². The first-order chi connectivity index (χ1) is 11.1. The van der Waals surface area contributed by atoms with E-state index in [1.807, 2.05) is 0 Å². The van der Waals surface area contributed by atoms with Crippen LogP contribution in [0, 0.1) is 11.6 Å². The summed E-state index contributed by atoms with van der Waals surface area (Å²) in [7, 11) is 0. The maximum atomic E-state index is 13.5. The number of aromatic amines is 1. The lowest BCUT2D eigenvalue weighted by Gasteiger charge is -2.05. The van der Waals surface area contributed by atoms with E-state index in [-0.39, 0.29) is 24.0 Å². The molecule has 0 atom stereocenters. The molecular weight excluding hydrogens is 300 g/mol. The monoisotopic (exact) mass is 315 g/mol. The summed E-state index contributed by atoms with van der Waals surface area (Å²) in [6.07, 6.45) is 0.483. The van der Waals surface area contributed by atoms with Crippen molar-refractivity contribution >= 4 is 16.9 Å². The first-order valence-corrected chi connectivity index (χ1v) is 7.26. The predicted molar refractivity (Wildman–Crippen MR) is 82.9 cm³/mol. The molecule has 1 heterocycles. The maximum Gasteiger partial charge on any atom is 0.224 e. The van der Waals surface area contributed by atoms with Crippen LogP contribution in [0.2, 0.25) is 0 Å². The fraction of sp³-hybridized carbons (Fsp3) is 0.176. The van der Waals surface area contributed by atoms with Crippen molar-refractivity contribution < 1.29 is 13.6 Å². The van der Waals surface area contributed by atoms with Crippen LogP contribution in [0.5, 0.6) is 0 Å². The van der Waals surface area contributed by atoms with Crippen molar-refractivity contribution in [2.45, 2.75) is 12.8 Å². The molecule has 0 aliphatic carbocycles. The molecule has 23 heavy (non-hydrogen) atoms. The first-order valence-electron chi connectivity index (χ1n) is 7.26. The number of fused-ring (bicyclic) bond motifs is 1. The predicted octanol–water partition coefficient (Wildman–Crippen LogP) is 2.74. The fourth-order valence-corrected chi connectivity index (χ4v) is 2.35. The number of hydrogen-bond acceptors (Lipinski definition) is 2. The Hall–Kier alpha value is -2.76. The summed E-state index contributed by atoms with van der Waals surface area (Å²) in [6, 6.07) is 10.5. The van der Waals surface area contributed by atoms with Gasteiger partial charge >= 0.3 is 0 Å². The minimum atomic E-state index is -0.387. The SMILES string of the molecule is O=C(Cc1ccccc1F)NCCc1nc2ccc(F)cc2[nH]1. The molecule has 6 heteroatoms. The van der Waals surface area contributed by atoms with E-state index in [0.29, 0.717) is 35.4 Å². The zero-order valence-corrected chi connectivity index (χ0v) is 12.3. The van der Waals surface area contributed by atoms with Gasteiger partial charge in [0.05, 0.1) is 17.5 Å². The van der Waals surface area contributed by atoms with Crippen LogP contribution >= 0.6 is 0 Å². The number of rotatable bonds is 5. The zero-order valence-electron chi connectivity index (χ0n) is 12.3. The van der Waals surface area contributed by atoms with Crippen molar-refractivity contribution in [3.8, 4) is 0 Å². The Labute approximate surface area is 131 Å².